The Morgan fingerprint density at radius 1 is 1.35 bits per heavy atom. The molecule has 1 saturated heterocycles. The van der Waals surface area contributed by atoms with E-state index in [1.165, 1.54) is 31.0 Å². The highest BCUT2D eigenvalue weighted by atomic mass is 32.2. The molecule has 1 N–H and O–H groups in total. The number of hydrogen-bond donors (Lipinski definition) is 1. The monoisotopic (exact) mass is 298 g/mol. The smallest absolute Gasteiger partial charge is 0.277 e. The number of nitrogens with one attached hydrogen (secondary N) is 1. The lowest BCUT2D eigenvalue weighted by atomic mass is 10.1. The molecule has 7 heteroatoms. The number of piperidine rings is 1. The summed E-state index contributed by atoms with van der Waals surface area (Å²) in [6.45, 7) is 6.78. The van der Waals surface area contributed by atoms with Crippen LogP contribution >= 0.6 is 11.8 Å². The Kier molecular flexibility index (Phi) is 5.85. The van der Waals surface area contributed by atoms with Crippen molar-refractivity contribution in [3.05, 3.63) is 5.89 Å². The van der Waals surface area contributed by atoms with E-state index in [4.69, 9.17) is 4.42 Å². The van der Waals surface area contributed by atoms with E-state index in [9.17, 15) is 4.79 Å². The molecule has 2 rings (SSSR count). The van der Waals surface area contributed by atoms with Gasteiger partial charge < -0.3 is 9.73 Å². The van der Waals surface area contributed by atoms with Gasteiger partial charge in [-0.05, 0) is 39.8 Å². The van der Waals surface area contributed by atoms with Gasteiger partial charge in [-0.3, -0.25) is 9.69 Å². The van der Waals surface area contributed by atoms with Gasteiger partial charge in [0.1, 0.15) is 0 Å². The van der Waals surface area contributed by atoms with Crippen molar-refractivity contribution in [2.24, 2.45) is 0 Å². The van der Waals surface area contributed by atoms with Crippen LogP contribution in [0.5, 0.6) is 0 Å². The van der Waals surface area contributed by atoms with Crippen LogP contribution in [0.15, 0.2) is 9.64 Å². The van der Waals surface area contributed by atoms with Crippen molar-refractivity contribution in [2.45, 2.75) is 50.9 Å². The lowest BCUT2D eigenvalue weighted by Crippen LogP contribution is -2.31. The lowest BCUT2D eigenvalue weighted by Gasteiger charge is -2.24. The summed E-state index contributed by atoms with van der Waals surface area (Å²) in [4.78, 5) is 13.9. The van der Waals surface area contributed by atoms with Crippen LogP contribution in [0.25, 0.3) is 0 Å². The molecule has 0 radical (unpaired) electrons. The number of carbonyl (C=O) groups is 1. The maximum atomic E-state index is 11.5. The predicted octanol–water partition coefficient (Wildman–Crippen LogP) is 1.67. The highest BCUT2D eigenvalue weighted by Gasteiger charge is 2.15. The molecule has 1 amide bonds. The Labute approximate surface area is 123 Å². The molecular weight excluding hydrogens is 276 g/mol. The van der Waals surface area contributed by atoms with Crippen LogP contribution in [0, 0.1) is 0 Å². The molecule has 6 nitrogen and oxygen atoms in total. The molecule has 1 aliphatic heterocycles. The average molecular weight is 298 g/mol. The van der Waals surface area contributed by atoms with Gasteiger partial charge in [-0.2, -0.15) is 0 Å². The highest BCUT2D eigenvalue weighted by Crippen LogP contribution is 2.18. The minimum absolute atomic E-state index is 0.0132. The quantitative estimate of drug-likeness (QED) is 0.806. The van der Waals surface area contributed by atoms with Crippen molar-refractivity contribution in [1.29, 1.82) is 0 Å². The van der Waals surface area contributed by atoms with Crippen molar-refractivity contribution in [2.75, 3.05) is 18.8 Å². The van der Waals surface area contributed by atoms with Crippen molar-refractivity contribution < 1.29 is 9.21 Å². The zero-order valence-electron chi connectivity index (χ0n) is 12.1. The summed E-state index contributed by atoms with van der Waals surface area (Å²) in [6.07, 6.45) is 3.79. The third-order valence-electron chi connectivity index (χ3n) is 3.03. The summed E-state index contributed by atoms with van der Waals surface area (Å²) in [5.41, 5.74) is 0. The molecule has 0 aromatic carbocycles. The Bertz CT molecular complexity index is 430. The van der Waals surface area contributed by atoms with E-state index in [0.29, 0.717) is 23.4 Å². The first kappa shape index (κ1) is 15.3. The minimum atomic E-state index is -0.0132. The minimum Gasteiger partial charge on any atom is -0.415 e. The molecule has 0 atom stereocenters. The standard InChI is InChI=1S/C13H22N4O2S/c1-10(2)14-11(18)9-20-13-16-15-12(19-13)8-17-6-4-3-5-7-17/h10H,3-9H2,1-2H3,(H,14,18). The summed E-state index contributed by atoms with van der Waals surface area (Å²) in [7, 11) is 0. The first-order valence-corrected chi connectivity index (χ1v) is 8.09. The largest absolute Gasteiger partial charge is 0.415 e. The molecule has 20 heavy (non-hydrogen) atoms. The molecule has 1 aromatic rings. The Balaban J connectivity index is 1.75. The topological polar surface area (TPSA) is 71.3 Å². The Hall–Kier alpha value is -1.08. The average Bonchev–Trinajstić information content (AvgIpc) is 2.84. The number of carbonyl (C=O) groups excluding carboxylic acids is 1. The van der Waals surface area contributed by atoms with E-state index in [-0.39, 0.29) is 11.9 Å². The second-order valence-electron chi connectivity index (χ2n) is 5.31. The molecule has 2 heterocycles. The summed E-state index contributed by atoms with van der Waals surface area (Å²) in [6, 6.07) is 0.153. The van der Waals surface area contributed by atoms with Gasteiger partial charge >= 0.3 is 0 Å². The zero-order valence-corrected chi connectivity index (χ0v) is 12.9. The lowest BCUT2D eigenvalue weighted by molar-refractivity contribution is -0.119. The summed E-state index contributed by atoms with van der Waals surface area (Å²) in [5, 5.41) is 11.3. The molecule has 1 aliphatic rings. The number of likely N-dealkylation sites (tertiary alicyclic amines) is 1. The van der Waals surface area contributed by atoms with E-state index >= 15 is 0 Å². The summed E-state index contributed by atoms with van der Waals surface area (Å²) in [5.74, 6) is 0.934. The fourth-order valence-corrected chi connectivity index (χ4v) is 2.75. The van der Waals surface area contributed by atoms with E-state index in [2.05, 4.69) is 20.4 Å². The summed E-state index contributed by atoms with van der Waals surface area (Å²) < 4.78 is 5.56. The second kappa shape index (κ2) is 7.64. The van der Waals surface area contributed by atoms with Gasteiger partial charge in [0.25, 0.3) is 5.22 Å². The molecule has 0 spiro atoms. The van der Waals surface area contributed by atoms with Gasteiger partial charge in [0.05, 0.1) is 12.3 Å². The second-order valence-corrected chi connectivity index (χ2v) is 6.24. The van der Waals surface area contributed by atoms with Gasteiger partial charge in [-0.25, -0.2) is 0 Å². The van der Waals surface area contributed by atoms with Crippen molar-refractivity contribution >= 4 is 17.7 Å². The number of hydrogen-bond acceptors (Lipinski definition) is 6. The number of thioether (sulfide) groups is 1. The first-order chi connectivity index (χ1) is 9.63. The van der Waals surface area contributed by atoms with Crippen molar-refractivity contribution in [3.63, 3.8) is 0 Å². The summed E-state index contributed by atoms with van der Waals surface area (Å²) >= 11 is 1.28. The van der Waals surface area contributed by atoms with Gasteiger partial charge in [-0.1, -0.05) is 18.2 Å². The van der Waals surface area contributed by atoms with E-state index in [0.717, 1.165) is 13.1 Å². The van der Waals surface area contributed by atoms with Crippen LogP contribution < -0.4 is 5.32 Å². The molecule has 1 fully saturated rings. The molecule has 0 saturated carbocycles. The fraction of sp³-hybridized carbons (Fsp3) is 0.769. The number of aromatic nitrogens is 2. The Morgan fingerprint density at radius 3 is 2.80 bits per heavy atom. The van der Waals surface area contributed by atoms with Gasteiger partial charge in [-0.15, -0.1) is 10.2 Å². The maximum absolute atomic E-state index is 11.5. The van der Waals surface area contributed by atoms with Crippen LogP contribution in [-0.2, 0) is 11.3 Å². The van der Waals surface area contributed by atoms with Crippen LogP contribution in [0.4, 0.5) is 0 Å². The van der Waals surface area contributed by atoms with Crippen molar-refractivity contribution in [1.82, 2.24) is 20.4 Å². The molecule has 112 valence electrons. The maximum Gasteiger partial charge on any atom is 0.277 e. The van der Waals surface area contributed by atoms with Crippen LogP contribution in [0.2, 0.25) is 0 Å². The van der Waals surface area contributed by atoms with Crippen LogP contribution in [-0.4, -0.2) is 45.9 Å². The zero-order chi connectivity index (χ0) is 14.4. The molecule has 0 aliphatic carbocycles. The SMILES string of the molecule is CC(C)NC(=O)CSc1nnc(CN2CCCCC2)o1. The number of nitrogens with zero attached hydrogens (tertiary/aromatic N) is 3. The normalized spacial score (nSPS) is 16.6. The Morgan fingerprint density at radius 2 is 2.10 bits per heavy atom. The third-order valence-corrected chi connectivity index (χ3v) is 3.85. The van der Waals surface area contributed by atoms with E-state index < -0.39 is 0 Å². The van der Waals surface area contributed by atoms with Crippen molar-refractivity contribution in [3.8, 4) is 0 Å². The van der Waals surface area contributed by atoms with E-state index in [1.54, 1.807) is 0 Å². The molecular formula is C13H22N4O2S. The molecule has 0 unspecified atom stereocenters. The molecule has 0 bridgehead atoms. The van der Waals surface area contributed by atoms with Gasteiger partial charge in [0, 0.05) is 6.04 Å². The molecule has 1 aromatic heterocycles. The van der Waals surface area contributed by atoms with E-state index in [1.807, 2.05) is 13.8 Å². The van der Waals surface area contributed by atoms with Gasteiger partial charge in [0.15, 0.2) is 0 Å². The number of amides is 1. The fourth-order valence-electron chi connectivity index (χ4n) is 2.16. The number of rotatable bonds is 6. The predicted molar refractivity (Wildman–Crippen MR) is 77.4 cm³/mol. The van der Waals surface area contributed by atoms with Crippen LogP contribution in [0.3, 0.4) is 0 Å². The van der Waals surface area contributed by atoms with Gasteiger partial charge in [0.2, 0.25) is 11.8 Å². The third kappa shape index (κ3) is 5.13. The first-order valence-electron chi connectivity index (χ1n) is 7.10. The highest BCUT2D eigenvalue weighted by molar-refractivity contribution is 7.99. The van der Waals surface area contributed by atoms with Crippen LogP contribution in [0.1, 0.15) is 39.0 Å².